The predicted octanol–water partition coefficient (Wildman–Crippen LogP) is 7.78. The molecule has 2 aromatic carbocycles. The number of rotatable bonds is 5. The molecule has 0 bridgehead atoms. The first kappa shape index (κ1) is 31.7. The quantitative estimate of drug-likeness (QED) is 0.211. The molecule has 14 heteroatoms. The third-order valence-electron chi connectivity index (χ3n) is 10.7. The number of nitriles is 1. The van der Waals surface area contributed by atoms with Crippen molar-refractivity contribution >= 4 is 54.7 Å². The maximum atomic E-state index is 17.2. The number of nitrogens with zero attached hydrogens (tertiary/aromatic N) is 5. The molecule has 0 spiro atoms. The second-order valence-corrected chi connectivity index (χ2v) is 15.1. The van der Waals surface area contributed by atoms with Crippen molar-refractivity contribution in [3.8, 4) is 29.0 Å². The van der Waals surface area contributed by atoms with Crippen molar-refractivity contribution in [3.63, 3.8) is 0 Å². The molecule has 3 unspecified atom stereocenters. The Balaban J connectivity index is 1.36. The van der Waals surface area contributed by atoms with Crippen LogP contribution in [0.1, 0.15) is 51.0 Å². The Hall–Kier alpha value is -3.60. The highest BCUT2D eigenvalue weighted by Gasteiger charge is 2.48. The van der Waals surface area contributed by atoms with Crippen molar-refractivity contribution in [2.24, 2.45) is 11.8 Å². The zero-order valence-corrected chi connectivity index (χ0v) is 27.7. The van der Waals surface area contributed by atoms with Gasteiger partial charge in [0.25, 0.3) is 0 Å². The Morgan fingerprint density at radius 2 is 2.04 bits per heavy atom. The molecule has 0 saturated carbocycles. The average molecular weight is 701 g/mol. The van der Waals surface area contributed by atoms with Crippen LogP contribution in [0.15, 0.2) is 12.1 Å². The first-order chi connectivity index (χ1) is 23.1. The number of fused-ring (bicyclic) bond motifs is 4. The van der Waals surface area contributed by atoms with Crippen molar-refractivity contribution in [3.05, 3.63) is 34.4 Å². The van der Waals surface area contributed by atoms with Crippen LogP contribution in [0.5, 0.6) is 11.8 Å². The van der Waals surface area contributed by atoms with E-state index in [9.17, 15) is 18.4 Å². The standard InChI is InChI=1S/C34H33ClF4N6O2S/c1-16-11-34(8-2-9-44(34)13-16)15-47-33-42-27-24-28(46-10-7-18-4-3-17(30(38)39)14-45(18)32(24)43-33)25(35)23(26(27)37)19-5-6-21(36)29-22(19)20(12-40)31(41)48-29/h5-6,16-18,30H,2-4,7-11,13-15,41H2,1H3/t16-,17?,18?,34?/m1/s1. The summed E-state index contributed by atoms with van der Waals surface area (Å²) in [5.41, 5.74) is 5.77. The van der Waals surface area contributed by atoms with E-state index in [1.165, 1.54) is 12.1 Å². The lowest BCUT2D eigenvalue weighted by Crippen LogP contribution is -2.47. The molecule has 4 aromatic rings. The molecule has 8 rings (SSSR count). The Morgan fingerprint density at radius 3 is 2.83 bits per heavy atom. The van der Waals surface area contributed by atoms with Gasteiger partial charge in [-0.3, -0.25) is 4.90 Å². The molecule has 8 nitrogen and oxygen atoms in total. The minimum atomic E-state index is -2.53. The lowest BCUT2D eigenvalue weighted by Gasteiger charge is -2.42. The number of ether oxygens (including phenoxy) is 2. The van der Waals surface area contributed by atoms with E-state index in [-0.39, 0.29) is 90.0 Å². The molecule has 48 heavy (non-hydrogen) atoms. The highest BCUT2D eigenvalue weighted by molar-refractivity contribution is 7.23. The molecular formula is C34H33ClF4N6O2S. The van der Waals surface area contributed by atoms with Crippen LogP contribution in [-0.2, 0) is 0 Å². The molecule has 2 N–H and O–H groups in total. The second kappa shape index (κ2) is 11.8. The SMILES string of the molecule is C[C@H]1CN2CCCC2(COc2nc3c4c(c(Cl)c(-c5ccc(F)c6sc(N)c(C#N)c56)c(F)c4n2)OCCC2CCC(C(F)F)CN32)C1. The van der Waals surface area contributed by atoms with Crippen molar-refractivity contribution in [2.75, 3.05) is 43.5 Å². The van der Waals surface area contributed by atoms with E-state index in [1.807, 2.05) is 11.0 Å². The summed E-state index contributed by atoms with van der Waals surface area (Å²) in [6, 6.07) is 4.31. The highest BCUT2D eigenvalue weighted by atomic mass is 35.5. The summed E-state index contributed by atoms with van der Waals surface area (Å²) < 4.78 is 73.1. The van der Waals surface area contributed by atoms with E-state index in [2.05, 4.69) is 16.8 Å². The van der Waals surface area contributed by atoms with E-state index in [4.69, 9.17) is 31.8 Å². The number of hydrogen-bond donors (Lipinski definition) is 1. The Labute approximate surface area is 283 Å². The minimum Gasteiger partial charge on any atom is -0.491 e. The number of hydrogen-bond acceptors (Lipinski definition) is 9. The number of alkyl halides is 2. The third-order valence-corrected chi connectivity index (χ3v) is 12.1. The van der Waals surface area contributed by atoms with Gasteiger partial charge in [-0.15, -0.1) is 11.3 Å². The molecule has 0 aliphatic carbocycles. The summed E-state index contributed by atoms with van der Waals surface area (Å²) in [7, 11) is 0. The zero-order chi connectivity index (χ0) is 33.5. The molecule has 3 fully saturated rings. The number of piperidine rings is 1. The zero-order valence-electron chi connectivity index (χ0n) is 26.2. The molecule has 252 valence electrons. The van der Waals surface area contributed by atoms with Crippen LogP contribution >= 0.6 is 22.9 Å². The number of thiophene rings is 1. The van der Waals surface area contributed by atoms with Crippen molar-refractivity contribution in [1.82, 2.24) is 14.9 Å². The lowest BCUT2D eigenvalue weighted by atomic mass is 9.90. The topological polar surface area (TPSA) is 101 Å². The molecule has 4 atom stereocenters. The van der Waals surface area contributed by atoms with Gasteiger partial charge in [-0.2, -0.15) is 15.2 Å². The van der Waals surface area contributed by atoms with Gasteiger partial charge in [0.2, 0.25) is 6.43 Å². The number of benzene rings is 2. The van der Waals surface area contributed by atoms with Gasteiger partial charge < -0.3 is 20.1 Å². The van der Waals surface area contributed by atoms with Gasteiger partial charge in [0.1, 0.15) is 34.8 Å². The smallest absolute Gasteiger partial charge is 0.319 e. The van der Waals surface area contributed by atoms with E-state index >= 15 is 4.39 Å². The molecule has 3 saturated heterocycles. The van der Waals surface area contributed by atoms with Crippen molar-refractivity contribution in [2.45, 2.75) is 63.5 Å². The van der Waals surface area contributed by atoms with E-state index in [1.54, 1.807) is 0 Å². The highest BCUT2D eigenvalue weighted by Crippen LogP contribution is 2.51. The summed E-state index contributed by atoms with van der Waals surface area (Å²) >= 11 is 7.91. The number of nitrogens with two attached hydrogens (primary N) is 1. The van der Waals surface area contributed by atoms with E-state index in [0.717, 1.165) is 43.7 Å². The second-order valence-electron chi connectivity index (χ2n) is 13.6. The first-order valence-corrected chi connectivity index (χ1v) is 17.5. The van der Waals surface area contributed by atoms with Gasteiger partial charge in [-0.05, 0) is 56.2 Å². The summed E-state index contributed by atoms with van der Waals surface area (Å²) in [6.45, 7) is 4.66. The van der Waals surface area contributed by atoms with Crippen molar-refractivity contribution in [1.29, 1.82) is 5.26 Å². The fourth-order valence-corrected chi connectivity index (χ4v) is 9.81. The maximum Gasteiger partial charge on any atom is 0.319 e. The molecule has 4 aliphatic rings. The summed E-state index contributed by atoms with van der Waals surface area (Å²) in [5, 5.41) is 10.2. The van der Waals surface area contributed by atoms with Crippen LogP contribution in [-0.4, -0.2) is 65.7 Å². The normalized spacial score (nSPS) is 25.5. The minimum absolute atomic E-state index is 0.0106. The Morgan fingerprint density at radius 1 is 1.21 bits per heavy atom. The van der Waals surface area contributed by atoms with Gasteiger partial charge >= 0.3 is 6.01 Å². The van der Waals surface area contributed by atoms with Crippen LogP contribution in [0.4, 0.5) is 28.4 Å². The van der Waals surface area contributed by atoms with Crippen LogP contribution in [0.2, 0.25) is 5.02 Å². The number of halogens is 5. The predicted molar refractivity (Wildman–Crippen MR) is 177 cm³/mol. The number of aromatic nitrogens is 2. The summed E-state index contributed by atoms with van der Waals surface area (Å²) in [4.78, 5) is 13.7. The average Bonchev–Trinajstić information content (AvgIpc) is 3.70. The lowest BCUT2D eigenvalue weighted by molar-refractivity contribution is 0.0620. The van der Waals surface area contributed by atoms with E-state index in [0.29, 0.717) is 31.8 Å². The largest absolute Gasteiger partial charge is 0.491 e. The van der Waals surface area contributed by atoms with Crippen molar-refractivity contribution < 1.29 is 27.0 Å². The fourth-order valence-electron chi connectivity index (χ4n) is 8.53. The monoisotopic (exact) mass is 700 g/mol. The Kier molecular flexibility index (Phi) is 7.77. The van der Waals surface area contributed by atoms with Crippen LogP contribution in [0, 0.1) is 34.8 Å². The van der Waals surface area contributed by atoms with Gasteiger partial charge in [0.05, 0.1) is 32.8 Å². The summed E-state index contributed by atoms with van der Waals surface area (Å²) in [5.74, 6) is -1.54. The Bertz CT molecular complexity index is 2000. The fraction of sp³-hybridized carbons (Fsp3) is 0.500. The molecule has 0 amide bonds. The van der Waals surface area contributed by atoms with Crippen LogP contribution in [0.25, 0.3) is 32.1 Å². The third kappa shape index (κ3) is 4.85. The van der Waals surface area contributed by atoms with E-state index < -0.39 is 24.0 Å². The van der Waals surface area contributed by atoms with Crippen LogP contribution < -0.4 is 20.1 Å². The van der Waals surface area contributed by atoms with Crippen LogP contribution in [0.3, 0.4) is 0 Å². The van der Waals surface area contributed by atoms with Gasteiger partial charge in [-0.1, -0.05) is 24.6 Å². The number of nitrogen functional groups attached to an aromatic ring is 1. The molecule has 6 heterocycles. The number of anilines is 2. The molecule has 0 radical (unpaired) electrons. The molecule has 2 aromatic heterocycles. The first-order valence-electron chi connectivity index (χ1n) is 16.3. The summed E-state index contributed by atoms with van der Waals surface area (Å²) in [6.07, 6.45) is 1.76. The van der Waals surface area contributed by atoms with Gasteiger partial charge in [-0.25, -0.2) is 17.6 Å². The van der Waals surface area contributed by atoms with Gasteiger partial charge in [0.15, 0.2) is 11.6 Å². The molecule has 4 aliphatic heterocycles. The molecular weight excluding hydrogens is 668 g/mol. The maximum absolute atomic E-state index is 17.2. The van der Waals surface area contributed by atoms with Gasteiger partial charge in [0, 0.05) is 42.4 Å².